The maximum Gasteiger partial charge on any atom is 0.337 e. The van der Waals surface area contributed by atoms with Crippen molar-refractivity contribution in [2.24, 2.45) is 0 Å². The number of nitriles is 1. The molecule has 0 fully saturated rings. The summed E-state index contributed by atoms with van der Waals surface area (Å²) >= 11 is 0. The summed E-state index contributed by atoms with van der Waals surface area (Å²) in [4.78, 5) is 26.4. The molecule has 3 rings (SSSR count). The van der Waals surface area contributed by atoms with Gasteiger partial charge in [0.25, 0.3) is 6.26 Å². The van der Waals surface area contributed by atoms with Crippen LogP contribution in [0, 0.1) is 11.5 Å². The fourth-order valence-corrected chi connectivity index (χ4v) is 6.89. The van der Waals surface area contributed by atoms with E-state index in [0.29, 0.717) is 36.5 Å². The van der Waals surface area contributed by atoms with Crippen LogP contribution in [0.5, 0.6) is 0 Å². The van der Waals surface area contributed by atoms with Gasteiger partial charge in [0.05, 0.1) is 31.4 Å². The Balaban J connectivity index is 1.34. The van der Waals surface area contributed by atoms with Crippen LogP contribution < -0.4 is 11.1 Å². The van der Waals surface area contributed by atoms with Crippen molar-refractivity contribution >= 4 is 31.6 Å². The second-order valence-corrected chi connectivity index (χ2v) is 14.5. The number of ether oxygens (including phenoxy) is 2. The van der Waals surface area contributed by atoms with Gasteiger partial charge < -0.3 is 39.6 Å². The number of aromatic nitrogens is 3. The SMILES string of the molecule is CCCCCCCCCCCCCCCCCCOCC(COP(O)OCC(CCc1ccc2c(N)ncnn12)OC#N)Nc1ccccc1C(=O)O. The number of nitrogen functional groups attached to an aromatic ring is 1. The molecule has 14 heteroatoms. The van der Waals surface area contributed by atoms with E-state index >= 15 is 0 Å². The summed E-state index contributed by atoms with van der Waals surface area (Å²) in [5.74, 6) is -0.686. The van der Waals surface area contributed by atoms with Crippen molar-refractivity contribution in [3.05, 3.63) is 54.0 Å². The summed E-state index contributed by atoms with van der Waals surface area (Å²) in [7, 11) is -2.32. The number of aromatic carboxylic acids is 1. The Bertz CT molecular complexity index is 1470. The smallest absolute Gasteiger partial charge is 0.337 e. The number of aryl methyl sites for hydroxylation is 1. The fraction of sp³-hybridized carbons (Fsp3) is 0.641. The molecule has 0 amide bonds. The van der Waals surface area contributed by atoms with E-state index < -0.39 is 26.7 Å². The Kier molecular flexibility index (Phi) is 22.4. The maximum atomic E-state index is 11.8. The third kappa shape index (κ3) is 17.9. The number of anilines is 2. The quantitative estimate of drug-likeness (QED) is 0.0270. The van der Waals surface area contributed by atoms with Crippen molar-refractivity contribution in [1.82, 2.24) is 14.6 Å². The molecule has 2 aromatic heterocycles. The molecule has 0 radical (unpaired) electrons. The number of hydrogen-bond donors (Lipinski definition) is 4. The van der Waals surface area contributed by atoms with Gasteiger partial charge in [0.15, 0.2) is 5.82 Å². The number of fused-ring (bicyclic) bond motifs is 1. The molecule has 294 valence electrons. The molecule has 0 aliphatic carbocycles. The normalized spacial score (nSPS) is 13.1. The molecular formula is C39H61N6O7P. The van der Waals surface area contributed by atoms with Gasteiger partial charge in [0.2, 0.25) is 0 Å². The number of unbranched alkanes of at least 4 members (excludes halogenated alkanes) is 15. The number of para-hydroxylation sites is 1. The van der Waals surface area contributed by atoms with Crippen LogP contribution in [-0.4, -0.2) is 69.1 Å². The number of carboxylic acid groups (broad SMARTS) is 1. The Hall–Kier alpha value is -3.53. The zero-order valence-corrected chi connectivity index (χ0v) is 32.4. The van der Waals surface area contributed by atoms with Crippen molar-refractivity contribution in [1.29, 1.82) is 5.26 Å². The number of nitrogens with zero attached hydrogens (tertiary/aromatic N) is 4. The van der Waals surface area contributed by atoms with Crippen LogP contribution in [0.25, 0.3) is 5.52 Å². The summed E-state index contributed by atoms with van der Waals surface area (Å²) in [6.45, 7) is 3.00. The number of nitrogens with one attached hydrogen (secondary N) is 1. The molecule has 0 saturated heterocycles. The van der Waals surface area contributed by atoms with Gasteiger partial charge in [-0.05, 0) is 43.5 Å². The van der Waals surface area contributed by atoms with E-state index in [4.69, 9.17) is 29.5 Å². The summed E-state index contributed by atoms with van der Waals surface area (Å²) in [5, 5.41) is 26.3. The van der Waals surface area contributed by atoms with Crippen LogP contribution in [0.2, 0.25) is 0 Å². The Morgan fingerprint density at radius 2 is 1.53 bits per heavy atom. The first-order valence-corrected chi connectivity index (χ1v) is 20.6. The molecule has 2 heterocycles. The van der Waals surface area contributed by atoms with Crippen LogP contribution in [0.1, 0.15) is 132 Å². The van der Waals surface area contributed by atoms with E-state index in [0.717, 1.165) is 18.5 Å². The molecule has 0 saturated carbocycles. The lowest BCUT2D eigenvalue weighted by molar-refractivity contribution is 0.0694. The average molecular weight is 757 g/mol. The molecule has 0 bridgehead atoms. The Labute approximate surface area is 316 Å². The molecule has 3 unspecified atom stereocenters. The summed E-state index contributed by atoms with van der Waals surface area (Å²) in [5.41, 5.74) is 8.02. The largest absolute Gasteiger partial charge is 0.478 e. The first-order chi connectivity index (χ1) is 25.9. The molecule has 0 aliphatic heterocycles. The van der Waals surface area contributed by atoms with Crippen LogP contribution >= 0.6 is 8.60 Å². The van der Waals surface area contributed by atoms with E-state index in [9.17, 15) is 14.8 Å². The topological polar surface area (TPSA) is 186 Å². The first-order valence-electron chi connectivity index (χ1n) is 19.5. The van der Waals surface area contributed by atoms with Crippen LogP contribution in [0.3, 0.4) is 0 Å². The van der Waals surface area contributed by atoms with Crippen molar-refractivity contribution < 1.29 is 33.3 Å². The number of nitrogens with two attached hydrogens (primary N) is 1. The highest BCUT2D eigenvalue weighted by molar-refractivity contribution is 7.40. The van der Waals surface area contributed by atoms with Gasteiger partial charge >= 0.3 is 14.6 Å². The molecule has 5 N–H and O–H groups in total. The zero-order valence-electron chi connectivity index (χ0n) is 31.5. The van der Waals surface area contributed by atoms with E-state index in [-0.39, 0.29) is 25.4 Å². The third-order valence-corrected chi connectivity index (χ3v) is 9.98. The zero-order chi connectivity index (χ0) is 37.9. The van der Waals surface area contributed by atoms with Gasteiger partial charge in [-0.15, -0.1) is 0 Å². The standard InChI is InChI=1S/C39H61N6O7P/c1-2-3-4-5-6-7-8-9-10-11-12-13-14-15-16-19-26-49-27-32(44-36-21-18-17-20-35(36)39(46)47)28-51-53(48)52-29-34(50-30-40)24-22-33-23-25-37-38(41)42-31-43-45(33)37/h17-18,20-21,23,25,31-32,34,44,48H,2-16,19,22,24,26-29H2,1H3,(H,46,47)(H2,41,42,43). The molecule has 3 aromatic rings. The van der Waals surface area contributed by atoms with Crippen LogP contribution in [0.4, 0.5) is 11.5 Å². The minimum Gasteiger partial charge on any atom is -0.478 e. The van der Waals surface area contributed by atoms with Gasteiger partial charge in [0.1, 0.15) is 17.9 Å². The maximum absolute atomic E-state index is 11.8. The number of rotatable bonds is 32. The Morgan fingerprint density at radius 1 is 0.906 bits per heavy atom. The highest BCUT2D eigenvalue weighted by Crippen LogP contribution is 2.34. The molecule has 13 nitrogen and oxygen atoms in total. The highest BCUT2D eigenvalue weighted by atomic mass is 31.2. The summed E-state index contributed by atoms with van der Waals surface area (Å²) in [6.07, 6.45) is 24.2. The number of hydrogen-bond acceptors (Lipinski definition) is 11. The molecule has 53 heavy (non-hydrogen) atoms. The second-order valence-electron chi connectivity index (χ2n) is 13.5. The lowest BCUT2D eigenvalue weighted by Gasteiger charge is -2.22. The highest BCUT2D eigenvalue weighted by Gasteiger charge is 2.20. The lowest BCUT2D eigenvalue weighted by atomic mass is 10.0. The number of carboxylic acids is 1. The molecule has 0 aliphatic rings. The van der Waals surface area contributed by atoms with E-state index in [1.165, 1.54) is 102 Å². The predicted molar refractivity (Wildman–Crippen MR) is 208 cm³/mol. The first kappa shape index (κ1) is 43.9. The number of benzene rings is 1. The van der Waals surface area contributed by atoms with Gasteiger partial charge in [-0.25, -0.2) is 14.3 Å². The Morgan fingerprint density at radius 3 is 2.17 bits per heavy atom. The molecule has 1 aromatic carbocycles. The second kappa shape index (κ2) is 27.1. The van der Waals surface area contributed by atoms with Crippen molar-refractivity contribution in [2.75, 3.05) is 37.5 Å². The van der Waals surface area contributed by atoms with E-state index in [1.807, 2.05) is 12.1 Å². The monoisotopic (exact) mass is 756 g/mol. The molecule has 3 atom stereocenters. The van der Waals surface area contributed by atoms with E-state index in [2.05, 4.69) is 22.3 Å². The minimum absolute atomic E-state index is 0.00381. The van der Waals surface area contributed by atoms with Gasteiger partial charge in [-0.1, -0.05) is 115 Å². The van der Waals surface area contributed by atoms with Crippen LogP contribution in [-0.2, 0) is 24.9 Å². The average Bonchev–Trinajstić information content (AvgIpc) is 3.58. The van der Waals surface area contributed by atoms with Gasteiger partial charge in [0, 0.05) is 18.0 Å². The van der Waals surface area contributed by atoms with E-state index in [1.54, 1.807) is 29.0 Å². The van der Waals surface area contributed by atoms with Crippen LogP contribution in [0.15, 0.2) is 42.7 Å². The van der Waals surface area contributed by atoms with Gasteiger partial charge in [-0.2, -0.15) is 10.4 Å². The number of carbonyl (C=O) groups is 1. The summed E-state index contributed by atoms with van der Waals surface area (Å²) < 4.78 is 24.0. The summed E-state index contributed by atoms with van der Waals surface area (Å²) in [6, 6.07) is 9.87. The third-order valence-electron chi connectivity index (χ3n) is 9.24. The van der Waals surface area contributed by atoms with Crippen molar-refractivity contribution in [2.45, 2.75) is 135 Å². The fourth-order valence-electron chi connectivity index (χ4n) is 6.22. The lowest BCUT2D eigenvalue weighted by Crippen LogP contribution is -2.31. The van der Waals surface area contributed by atoms with Gasteiger partial charge in [-0.3, -0.25) is 0 Å². The predicted octanol–water partition coefficient (Wildman–Crippen LogP) is 8.82. The van der Waals surface area contributed by atoms with Crippen molar-refractivity contribution in [3.8, 4) is 6.26 Å². The minimum atomic E-state index is -2.32. The molecule has 0 spiro atoms. The van der Waals surface area contributed by atoms with Crippen molar-refractivity contribution in [3.63, 3.8) is 0 Å². The molecular weight excluding hydrogens is 695 g/mol.